The summed E-state index contributed by atoms with van der Waals surface area (Å²) in [5.41, 5.74) is 3.47. The Kier molecular flexibility index (Phi) is 3.16. The summed E-state index contributed by atoms with van der Waals surface area (Å²) >= 11 is 5.85. The Balaban J connectivity index is 2.51. The molecule has 2 aromatic rings. The molecular weight excluding hydrogens is 234 g/mol. The lowest BCUT2D eigenvalue weighted by atomic mass is 10.1. The highest BCUT2D eigenvalue weighted by Gasteiger charge is 2.12. The zero-order chi connectivity index (χ0) is 12.4. The average Bonchev–Trinajstić information content (AvgIpc) is 2.73. The van der Waals surface area contributed by atoms with E-state index in [0.717, 1.165) is 17.0 Å². The van der Waals surface area contributed by atoms with E-state index in [-0.39, 0.29) is 5.92 Å². The number of hydrogen-bond donors (Lipinski definition) is 1. The Morgan fingerprint density at radius 2 is 2.18 bits per heavy atom. The summed E-state index contributed by atoms with van der Waals surface area (Å²) in [7, 11) is 0. The van der Waals surface area contributed by atoms with E-state index in [9.17, 15) is 0 Å². The molecule has 17 heavy (non-hydrogen) atoms. The Morgan fingerprint density at radius 1 is 1.41 bits per heavy atom. The number of nitriles is 1. The van der Waals surface area contributed by atoms with Crippen molar-refractivity contribution in [2.45, 2.75) is 19.8 Å². The van der Waals surface area contributed by atoms with Crippen molar-refractivity contribution in [2.75, 3.05) is 0 Å². The summed E-state index contributed by atoms with van der Waals surface area (Å²) in [5, 5.41) is 9.52. The summed E-state index contributed by atoms with van der Waals surface area (Å²) in [6.45, 7) is 4.10. The second kappa shape index (κ2) is 4.60. The lowest BCUT2D eigenvalue weighted by Crippen LogP contribution is -1.90. The van der Waals surface area contributed by atoms with Crippen LogP contribution in [0.25, 0.3) is 11.3 Å². The normalized spacial score (nSPS) is 10.5. The second-order valence-corrected chi connectivity index (χ2v) is 4.53. The third kappa shape index (κ3) is 2.32. The van der Waals surface area contributed by atoms with Crippen LogP contribution in [0.2, 0.25) is 5.15 Å². The molecular formula is C13H12ClN3. The van der Waals surface area contributed by atoms with Gasteiger partial charge in [-0.25, -0.2) is 4.98 Å². The van der Waals surface area contributed by atoms with Crippen LogP contribution in [0.5, 0.6) is 0 Å². The van der Waals surface area contributed by atoms with Crippen molar-refractivity contribution in [3.8, 4) is 17.3 Å². The lowest BCUT2D eigenvalue weighted by molar-refractivity contribution is 0.830. The quantitative estimate of drug-likeness (QED) is 0.820. The van der Waals surface area contributed by atoms with Crippen molar-refractivity contribution in [3.05, 3.63) is 40.8 Å². The van der Waals surface area contributed by atoms with Gasteiger partial charge in [0.05, 0.1) is 5.56 Å². The third-order valence-corrected chi connectivity index (χ3v) is 2.79. The number of pyridine rings is 1. The predicted molar refractivity (Wildman–Crippen MR) is 67.8 cm³/mol. The van der Waals surface area contributed by atoms with E-state index in [0.29, 0.717) is 10.7 Å². The minimum atomic E-state index is 0.288. The number of aromatic nitrogens is 2. The predicted octanol–water partition coefficient (Wildman–Crippen LogP) is 3.73. The molecule has 4 heteroatoms. The molecule has 0 fully saturated rings. The molecule has 0 saturated heterocycles. The molecule has 0 atom stereocenters. The smallest absolute Gasteiger partial charge is 0.129 e. The number of nitrogens with zero attached hydrogens (tertiary/aromatic N) is 2. The Labute approximate surface area is 105 Å². The molecule has 0 aromatic carbocycles. The van der Waals surface area contributed by atoms with Crippen molar-refractivity contribution in [2.24, 2.45) is 0 Å². The van der Waals surface area contributed by atoms with Gasteiger partial charge in [-0.05, 0) is 24.1 Å². The van der Waals surface area contributed by atoms with Crippen molar-refractivity contribution in [3.63, 3.8) is 0 Å². The van der Waals surface area contributed by atoms with Gasteiger partial charge in [0.15, 0.2) is 0 Å². The van der Waals surface area contributed by atoms with E-state index in [4.69, 9.17) is 16.9 Å². The maximum absolute atomic E-state index is 9.07. The standard InChI is InChI=1S/C13H12ClN3/c1-8(2)13-10(7-15)5-11(17-13)9-3-4-16-12(14)6-9/h3-6,8,17H,1-2H3. The fourth-order valence-electron chi connectivity index (χ4n) is 1.74. The number of aromatic amines is 1. The molecule has 1 N–H and O–H groups in total. The highest BCUT2D eigenvalue weighted by molar-refractivity contribution is 6.29. The van der Waals surface area contributed by atoms with Gasteiger partial charge in [0.1, 0.15) is 11.2 Å². The molecule has 0 spiro atoms. The molecule has 3 nitrogen and oxygen atoms in total. The van der Waals surface area contributed by atoms with Crippen LogP contribution < -0.4 is 0 Å². The van der Waals surface area contributed by atoms with Crippen LogP contribution in [0.4, 0.5) is 0 Å². The molecule has 2 rings (SSSR count). The molecule has 0 aliphatic heterocycles. The van der Waals surface area contributed by atoms with Gasteiger partial charge in [0.25, 0.3) is 0 Å². The molecule has 0 unspecified atom stereocenters. The Bertz CT molecular complexity index is 579. The molecule has 0 amide bonds. The van der Waals surface area contributed by atoms with Gasteiger partial charge in [-0.2, -0.15) is 5.26 Å². The SMILES string of the molecule is CC(C)c1[nH]c(-c2ccnc(Cl)c2)cc1C#N. The van der Waals surface area contributed by atoms with E-state index < -0.39 is 0 Å². The first-order chi connectivity index (χ1) is 8.11. The third-order valence-electron chi connectivity index (χ3n) is 2.58. The first-order valence-electron chi connectivity index (χ1n) is 5.36. The van der Waals surface area contributed by atoms with E-state index in [1.54, 1.807) is 12.3 Å². The van der Waals surface area contributed by atoms with Crippen molar-refractivity contribution < 1.29 is 0 Å². The largest absolute Gasteiger partial charge is 0.357 e. The van der Waals surface area contributed by atoms with Crippen molar-refractivity contribution in [1.29, 1.82) is 5.26 Å². The van der Waals surface area contributed by atoms with Crippen molar-refractivity contribution >= 4 is 11.6 Å². The van der Waals surface area contributed by atoms with Gasteiger partial charge in [-0.15, -0.1) is 0 Å². The van der Waals surface area contributed by atoms with E-state index in [2.05, 4.69) is 29.9 Å². The first-order valence-corrected chi connectivity index (χ1v) is 5.74. The van der Waals surface area contributed by atoms with Crippen LogP contribution in [0.3, 0.4) is 0 Å². The monoisotopic (exact) mass is 245 g/mol. The van der Waals surface area contributed by atoms with Gasteiger partial charge in [0, 0.05) is 23.1 Å². The van der Waals surface area contributed by atoms with Crippen LogP contribution in [-0.2, 0) is 0 Å². The Hall–Kier alpha value is -1.79. The minimum absolute atomic E-state index is 0.288. The maximum Gasteiger partial charge on any atom is 0.129 e. The molecule has 86 valence electrons. The molecule has 0 aliphatic carbocycles. The number of nitrogens with one attached hydrogen (secondary N) is 1. The number of halogens is 1. The summed E-state index contributed by atoms with van der Waals surface area (Å²) < 4.78 is 0. The summed E-state index contributed by atoms with van der Waals surface area (Å²) in [6.07, 6.45) is 1.65. The molecule has 0 aliphatic rings. The number of hydrogen-bond acceptors (Lipinski definition) is 2. The molecule has 2 heterocycles. The molecule has 2 aromatic heterocycles. The Morgan fingerprint density at radius 3 is 2.71 bits per heavy atom. The van der Waals surface area contributed by atoms with Crippen LogP contribution in [0.15, 0.2) is 24.4 Å². The minimum Gasteiger partial charge on any atom is -0.357 e. The lowest BCUT2D eigenvalue weighted by Gasteiger charge is -2.02. The molecule has 0 saturated carbocycles. The second-order valence-electron chi connectivity index (χ2n) is 4.14. The van der Waals surface area contributed by atoms with E-state index in [1.807, 2.05) is 12.1 Å². The number of rotatable bonds is 2. The summed E-state index contributed by atoms with van der Waals surface area (Å²) in [6, 6.07) is 7.69. The average molecular weight is 246 g/mol. The van der Waals surface area contributed by atoms with Crippen molar-refractivity contribution in [1.82, 2.24) is 9.97 Å². The zero-order valence-electron chi connectivity index (χ0n) is 9.66. The van der Waals surface area contributed by atoms with Gasteiger partial charge in [0.2, 0.25) is 0 Å². The van der Waals surface area contributed by atoms with Gasteiger partial charge < -0.3 is 4.98 Å². The first kappa shape index (κ1) is 11.7. The molecule has 0 bridgehead atoms. The fourth-order valence-corrected chi connectivity index (χ4v) is 1.92. The highest BCUT2D eigenvalue weighted by atomic mass is 35.5. The maximum atomic E-state index is 9.07. The molecule has 0 radical (unpaired) electrons. The van der Waals surface area contributed by atoms with Gasteiger partial charge >= 0.3 is 0 Å². The highest BCUT2D eigenvalue weighted by Crippen LogP contribution is 2.26. The fraction of sp³-hybridized carbons (Fsp3) is 0.231. The van der Waals surface area contributed by atoms with E-state index >= 15 is 0 Å². The van der Waals surface area contributed by atoms with E-state index in [1.165, 1.54) is 0 Å². The summed E-state index contributed by atoms with van der Waals surface area (Å²) in [4.78, 5) is 7.20. The topological polar surface area (TPSA) is 52.5 Å². The van der Waals surface area contributed by atoms with Crippen LogP contribution >= 0.6 is 11.6 Å². The zero-order valence-corrected chi connectivity index (χ0v) is 10.4. The van der Waals surface area contributed by atoms with Crippen LogP contribution in [0.1, 0.15) is 31.0 Å². The number of H-pyrrole nitrogens is 1. The van der Waals surface area contributed by atoms with Gasteiger partial charge in [-0.3, -0.25) is 0 Å². The summed E-state index contributed by atoms with van der Waals surface area (Å²) in [5.74, 6) is 0.288. The van der Waals surface area contributed by atoms with Crippen LogP contribution in [-0.4, -0.2) is 9.97 Å². The van der Waals surface area contributed by atoms with Crippen LogP contribution in [0, 0.1) is 11.3 Å². The van der Waals surface area contributed by atoms with Gasteiger partial charge in [-0.1, -0.05) is 25.4 Å².